The summed E-state index contributed by atoms with van der Waals surface area (Å²) in [5.74, 6) is 0.325. The second-order valence-corrected chi connectivity index (χ2v) is 9.70. The highest BCUT2D eigenvalue weighted by molar-refractivity contribution is 5.69. The van der Waals surface area contributed by atoms with Crippen LogP contribution in [-0.4, -0.2) is 73.3 Å². The average molecular weight is 506 g/mol. The van der Waals surface area contributed by atoms with Crippen LogP contribution in [0.4, 0.5) is 18.9 Å². The predicted octanol–water partition coefficient (Wildman–Crippen LogP) is 4.38. The standard InChI is InChI=1S/C27H34F3N3O3/c1-36-26(35)10-7-21-19-31(18-20-5-8-24(34)9-6-20)12-11-25(21)33-15-13-32(14-16-33)23-4-2-3-22(17-23)27(28,29)30/h2-6,8-9,17,21,25,34H,7,10-16,18-19H2,1H3/t21-,25+/m0/s1. The molecule has 196 valence electrons. The molecule has 0 radical (unpaired) electrons. The van der Waals surface area contributed by atoms with Crippen LogP contribution in [0.15, 0.2) is 48.5 Å². The first kappa shape index (κ1) is 26.3. The molecule has 2 aromatic rings. The van der Waals surface area contributed by atoms with Gasteiger partial charge < -0.3 is 14.7 Å². The number of alkyl halides is 3. The van der Waals surface area contributed by atoms with Gasteiger partial charge in [0.05, 0.1) is 12.7 Å². The van der Waals surface area contributed by atoms with Crippen molar-refractivity contribution < 1.29 is 27.8 Å². The minimum absolute atomic E-state index is 0.209. The van der Waals surface area contributed by atoms with Crippen LogP contribution in [0.1, 0.15) is 30.4 Å². The van der Waals surface area contributed by atoms with E-state index in [9.17, 15) is 23.1 Å². The zero-order valence-electron chi connectivity index (χ0n) is 20.6. The second kappa shape index (κ2) is 11.5. The fourth-order valence-electron chi connectivity index (χ4n) is 5.46. The second-order valence-electron chi connectivity index (χ2n) is 9.70. The van der Waals surface area contributed by atoms with Gasteiger partial charge in [0, 0.05) is 57.4 Å². The molecule has 1 N–H and O–H groups in total. The Morgan fingerprint density at radius 3 is 2.44 bits per heavy atom. The lowest BCUT2D eigenvalue weighted by Gasteiger charge is -2.47. The number of phenols is 1. The topological polar surface area (TPSA) is 56.2 Å². The average Bonchev–Trinajstić information content (AvgIpc) is 2.88. The lowest BCUT2D eigenvalue weighted by Crippen LogP contribution is -2.56. The first-order chi connectivity index (χ1) is 17.2. The van der Waals surface area contributed by atoms with E-state index in [1.54, 1.807) is 18.2 Å². The molecule has 2 fully saturated rings. The van der Waals surface area contributed by atoms with Crippen LogP contribution in [-0.2, 0) is 22.3 Å². The summed E-state index contributed by atoms with van der Waals surface area (Å²) in [7, 11) is 1.41. The van der Waals surface area contributed by atoms with Crippen molar-refractivity contribution in [2.45, 2.75) is 38.0 Å². The van der Waals surface area contributed by atoms with Crippen LogP contribution in [0.2, 0.25) is 0 Å². The van der Waals surface area contributed by atoms with Crippen molar-refractivity contribution in [2.24, 2.45) is 5.92 Å². The SMILES string of the molecule is COC(=O)CC[C@H]1CN(Cc2ccc(O)cc2)CC[C@H]1N1CCN(c2cccc(C(F)(F)F)c2)CC1. The van der Waals surface area contributed by atoms with Crippen LogP contribution < -0.4 is 4.90 Å². The molecule has 0 spiro atoms. The Morgan fingerprint density at radius 2 is 1.78 bits per heavy atom. The van der Waals surface area contributed by atoms with Gasteiger partial charge in [-0.3, -0.25) is 14.6 Å². The number of methoxy groups -OCH3 is 1. The normalized spacial score (nSPS) is 21.9. The van der Waals surface area contributed by atoms with Gasteiger partial charge in [-0.05, 0) is 61.2 Å². The number of piperidine rings is 1. The Balaban J connectivity index is 1.39. The summed E-state index contributed by atoms with van der Waals surface area (Å²) in [5.41, 5.74) is 1.12. The number of halogens is 3. The van der Waals surface area contributed by atoms with Crippen molar-refractivity contribution in [3.05, 3.63) is 59.7 Å². The third-order valence-corrected chi connectivity index (χ3v) is 7.39. The highest BCUT2D eigenvalue weighted by Crippen LogP contribution is 2.33. The molecule has 36 heavy (non-hydrogen) atoms. The maximum atomic E-state index is 13.2. The van der Waals surface area contributed by atoms with Crippen LogP contribution >= 0.6 is 0 Å². The summed E-state index contributed by atoms with van der Waals surface area (Å²) in [6.45, 7) is 5.44. The van der Waals surface area contributed by atoms with E-state index in [0.717, 1.165) is 57.2 Å². The summed E-state index contributed by atoms with van der Waals surface area (Å²) >= 11 is 0. The Morgan fingerprint density at radius 1 is 1.06 bits per heavy atom. The zero-order valence-corrected chi connectivity index (χ0v) is 20.6. The fraction of sp³-hybridized carbons (Fsp3) is 0.519. The van der Waals surface area contributed by atoms with Gasteiger partial charge in [-0.25, -0.2) is 0 Å². The molecule has 2 aliphatic heterocycles. The van der Waals surface area contributed by atoms with Crippen LogP contribution in [0.25, 0.3) is 0 Å². The molecule has 2 heterocycles. The van der Waals surface area contributed by atoms with Crippen molar-refractivity contribution in [3.8, 4) is 5.75 Å². The molecule has 2 aromatic carbocycles. The maximum absolute atomic E-state index is 13.2. The Kier molecular flexibility index (Phi) is 8.41. The molecule has 2 saturated heterocycles. The minimum Gasteiger partial charge on any atom is -0.508 e. The number of rotatable bonds is 7. The van der Waals surface area contributed by atoms with Crippen LogP contribution in [0.5, 0.6) is 5.75 Å². The van der Waals surface area contributed by atoms with E-state index in [1.165, 1.54) is 19.2 Å². The Labute approximate surface area is 210 Å². The molecule has 2 atom stereocenters. The van der Waals surface area contributed by atoms with Crippen molar-refractivity contribution in [2.75, 3.05) is 51.3 Å². The van der Waals surface area contributed by atoms with Gasteiger partial charge in [-0.2, -0.15) is 13.2 Å². The maximum Gasteiger partial charge on any atom is 0.416 e. The zero-order chi connectivity index (χ0) is 25.7. The van der Waals surface area contributed by atoms with E-state index in [-0.39, 0.29) is 17.6 Å². The highest BCUT2D eigenvalue weighted by atomic mass is 19.4. The van der Waals surface area contributed by atoms with E-state index in [4.69, 9.17) is 4.74 Å². The monoisotopic (exact) mass is 505 g/mol. The lowest BCUT2D eigenvalue weighted by molar-refractivity contribution is -0.141. The van der Waals surface area contributed by atoms with E-state index in [2.05, 4.69) is 9.80 Å². The predicted molar refractivity (Wildman–Crippen MR) is 132 cm³/mol. The Hall–Kier alpha value is -2.78. The number of hydrogen-bond acceptors (Lipinski definition) is 6. The van der Waals surface area contributed by atoms with Gasteiger partial charge in [0.2, 0.25) is 0 Å². The Bertz CT molecular complexity index is 1010. The van der Waals surface area contributed by atoms with E-state index in [1.807, 2.05) is 17.0 Å². The molecule has 0 aliphatic carbocycles. The molecule has 0 unspecified atom stereocenters. The third-order valence-electron chi connectivity index (χ3n) is 7.39. The summed E-state index contributed by atoms with van der Waals surface area (Å²) in [5, 5.41) is 9.55. The molecule has 6 nitrogen and oxygen atoms in total. The summed E-state index contributed by atoms with van der Waals surface area (Å²) in [4.78, 5) is 18.7. The number of piperazine rings is 1. The molecule has 0 amide bonds. The smallest absolute Gasteiger partial charge is 0.416 e. The molecular formula is C27H34F3N3O3. The minimum atomic E-state index is -4.35. The van der Waals surface area contributed by atoms with Crippen molar-refractivity contribution in [3.63, 3.8) is 0 Å². The molecule has 2 aliphatic rings. The highest BCUT2D eigenvalue weighted by Gasteiger charge is 2.35. The molecular weight excluding hydrogens is 471 g/mol. The van der Waals surface area contributed by atoms with Gasteiger partial charge >= 0.3 is 12.1 Å². The quantitative estimate of drug-likeness (QED) is 0.564. The molecule has 9 heteroatoms. The van der Waals surface area contributed by atoms with Crippen molar-refractivity contribution >= 4 is 11.7 Å². The number of carbonyl (C=O) groups excluding carboxylic acids is 1. The van der Waals surface area contributed by atoms with Crippen molar-refractivity contribution in [1.82, 2.24) is 9.80 Å². The molecule has 0 bridgehead atoms. The van der Waals surface area contributed by atoms with Crippen LogP contribution in [0.3, 0.4) is 0 Å². The third kappa shape index (κ3) is 6.70. The van der Waals surface area contributed by atoms with E-state index >= 15 is 0 Å². The number of carbonyl (C=O) groups is 1. The lowest BCUT2D eigenvalue weighted by atomic mass is 9.86. The number of phenolic OH excluding ortho intramolecular Hbond substituents is 1. The van der Waals surface area contributed by atoms with Crippen LogP contribution in [0, 0.1) is 5.92 Å². The molecule has 0 saturated carbocycles. The van der Waals surface area contributed by atoms with Gasteiger partial charge in [0.15, 0.2) is 0 Å². The van der Waals surface area contributed by atoms with Gasteiger partial charge in [-0.15, -0.1) is 0 Å². The van der Waals surface area contributed by atoms with E-state index in [0.29, 0.717) is 31.2 Å². The summed E-state index contributed by atoms with van der Waals surface area (Å²) in [6.07, 6.45) is -2.28. The largest absolute Gasteiger partial charge is 0.508 e. The van der Waals surface area contributed by atoms with Gasteiger partial charge in [-0.1, -0.05) is 18.2 Å². The summed E-state index contributed by atoms with van der Waals surface area (Å²) in [6, 6.07) is 13.1. The number of aromatic hydroxyl groups is 1. The fourth-order valence-corrected chi connectivity index (χ4v) is 5.46. The van der Waals surface area contributed by atoms with Gasteiger partial charge in [0.25, 0.3) is 0 Å². The number of likely N-dealkylation sites (tertiary alicyclic amines) is 1. The van der Waals surface area contributed by atoms with E-state index < -0.39 is 11.7 Å². The molecule has 0 aromatic heterocycles. The number of anilines is 1. The summed E-state index contributed by atoms with van der Waals surface area (Å²) < 4.78 is 44.3. The number of ether oxygens (including phenoxy) is 1. The number of nitrogens with zero attached hydrogens (tertiary/aromatic N) is 3. The first-order valence-electron chi connectivity index (χ1n) is 12.5. The van der Waals surface area contributed by atoms with Gasteiger partial charge in [0.1, 0.15) is 5.75 Å². The van der Waals surface area contributed by atoms with Crippen molar-refractivity contribution in [1.29, 1.82) is 0 Å². The molecule has 4 rings (SSSR count). The number of benzene rings is 2. The number of hydrogen-bond donors (Lipinski definition) is 1. The number of esters is 1. The first-order valence-corrected chi connectivity index (χ1v) is 12.5.